The lowest BCUT2D eigenvalue weighted by Gasteiger charge is -2.04. The molecule has 0 aliphatic carbocycles. The Hall–Kier alpha value is -1.97. The summed E-state index contributed by atoms with van der Waals surface area (Å²) >= 11 is 0. The molecule has 0 heterocycles. The van der Waals surface area contributed by atoms with Crippen molar-refractivity contribution in [3.05, 3.63) is 42.2 Å². The SMILES string of the molecule is CCCOC(=O)C(O)=CCCCOc1ccccc1. The van der Waals surface area contributed by atoms with Crippen LogP contribution in [0.2, 0.25) is 0 Å². The number of esters is 1. The Kier molecular flexibility index (Phi) is 7.17. The molecule has 104 valence electrons. The van der Waals surface area contributed by atoms with Crippen molar-refractivity contribution in [2.75, 3.05) is 13.2 Å². The number of ether oxygens (including phenoxy) is 2. The smallest absolute Gasteiger partial charge is 0.373 e. The van der Waals surface area contributed by atoms with E-state index in [0.717, 1.165) is 18.6 Å². The van der Waals surface area contributed by atoms with E-state index in [9.17, 15) is 9.90 Å². The maximum atomic E-state index is 11.2. The Bertz CT molecular complexity index is 398. The summed E-state index contributed by atoms with van der Waals surface area (Å²) in [5.74, 6) is -0.169. The Morgan fingerprint density at radius 3 is 2.68 bits per heavy atom. The lowest BCUT2D eigenvalue weighted by molar-refractivity contribution is -0.142. The molecule has 0 saturated carbocycles. The second-order valence-corrected chi connectivity index (χ2v) is 4.03. The summed E-state index contributed by atoms with van der Waals surface area (Å²) < 4.78 is 10.3. The number of unbranched alkanes of at least 4 members (excludes halogenated alkanes) is 1. The first-order chi connectivity index (χ1) is 9.24. The van der Waals surface area contributed by atoms with E-state index < -0.39 is 5.97 Å². The monoisotopic (exact) mass is 264 g/mol. The fourth-order valence-corrected chi connectivity index (χ4v) is 1.38. The van der Waals surface area contributed by atoms with Crippen LogP contribution in [0.3, 0.4) is 0 Å². The number of para-hydroxylation sites is 1. The zero-order valence-electron chi connectivity index (χ0n) is 11.2. The van der Waals surface area contributed by atoms with Crippen molar-refractivity contribution >= 4 is 5.97 Å². The van der Waals surface area contributed by atoms with E-state index in [1.165, 1.54) is 6.08 Å². The van der Waals surface area contributed by atoms with Crippen LogP contribution in [0.4, 0.5) is 0 Å². The molecule has 4 nitrogen and oxygen atoms in total. The van der Waals surface area contributed by atoms with Gasteiger partial charge in [0, 0.05) is 0 Å². The second kappa shape index (κ2) is 9.03. The van der Waals surface area contributed by atoms with Gasteiger partial charge in [-0.3, -0.25) is 0 Å². The minimum atomic E-state index is -0.661. The highest BCUT2D eigenvalue weighted by Crippen LogP contribution is 2.09. The fraction of sp³-hybridized carbons (Fsp3) is 0.400. The fourth-order valence-electron chi connectivity index (χ4n) is 1.38. The molecular weight excluding hydrogens is 244 g/mol. The first-order valence-electron chi connectivity index (χ1n) is 6.48. The van der Waals surface area contributed by atoms with Crippen LogP contribution in [0.25, 0.3) is 0 Å². The Morgan fingerprint density at radius 2 is 2.00 bits per heavy atom. The van der Waals surface area contributed by atoms with Crippen molar-refractivity contribution < 1.29 is 19.4 Å². The predicted molar refractivity (Wildman–Crippen MR) is 73.1 cm³/mol. The van der Waals surface area contributed by atoms with Gasteiger partial charge in [-0.15, -0.1) is 0 Å². The minimum absolute atomic E-state index is 0.326. The van der Waals surface area contributed by atoms with Crippen molar-refractivity contribution in [2.45, 2.75) is 26.2 Å². The lowest BCUT2D eigenvalue weighted by atomic mass is 10.3. The van der Waals surface area contributed by atoms with Crippen molar-refractivity contribution in [3.8, 4) is 5.75 Å². The number of carbonyl (C=O) groups excluding carboxylic acids is 1. The third-order valence-corrected chi connectivity index (χ3v) is 2.34. The first kappa shape index (κ1) is 15.1. The molecule has 1 aromatic carbocycles. The number of allylic oxidation sites excluding steroid dienone is 1. The number of rotatable bonds is 8. The van der Waals surface area contributed by atoms with Crippen LogP contribution in [-0.2, 0) is 9.53 Å². The molecule has 0 bridgehead atoms. The molecule has 0 aliphatic rings. The van der Waals surface area contributed by atoms with Gasteiger partial charge in [-0.25, -0.2) is 4.79 Å². The van der Waals surface area contributed by atoms with Crippen LogP contribution < -0.4 is 4.74 Å². The quantitative estimate of drug-likeness (QED) is 0.339. The van der Waals surface area contributed by atoms with Crippen LogP contribution in [0.5, 0.6) is 5.75 Å². The van der Waals surface area contributed by atoms with Gasteiger partial charge >= 0.3 is 5.97 Å². The Balaban J connectivity index is 2.17. The van der Waals surface area contributed by atoms with Gasteiger partial charge in [0.2, 0.25) is 0 Å². The van der Waals surface area contributed by atoms with Crippen LogP contribution in [0.1, 0.15) is 26.2 Å². The molecule has 0 atom stereocenters. The number of aliphatic hydroxyl groups excluding tert-OH is 1. The number of benzene rings is 1. The van der Waals surface area contributed by atoms with Gasteiger partial charge in [-0.2, -0.15) is 0 Å². The van der Waals surface area contributed by atoms with Gasteiger partial charge in [-0.05, 0) is 37.5 Å². The lowest BCUT2D eigenvalue weighted by Crippen LogP contribution is -2.08. The molecule has 1 rings (SSSR count). The first-order valence-corrected chi connectivity index (χ1v) is 6.48. The minimum Gasteiger partial charge on any atom is -0.502 e. The molecule has 0 radical (unpaired) electrons. The summed E-state index contributed by atoms with van der Waals surface area (Å²) in [6, 6.07) is 9.51. The molecule has 0 amide bonds. The zero-order chi connectivity index (χ0) is 13.9. The number of aliphatic hydroxyl groups is 1. The third kappa shape index (κ3) is 6.50. The highest BCUT2D eigenvalue weighted by atomic mass is 16.5. The normalized spacial score (nSPS) is 11.1. The van der Waals surface area contributed by atoms with Gasteiger partial charge in [0.05, 0.1) is 13.2 Å². The number of hydrogen-bond donors (Lipinski definition) is 1. The van der Waals surface area contributed by atoms with Crippen molar-refractivity contribution in [3.63, 3.8) is 0 Å². The second-order valence-electron chi connectivity index (χ2n) is 4.03. The summed E-state index contributed by atoms with van der Waals surface area (Å²) in [6.45, 7) is 2.76. The van der Waals surface area contributed by atoms with E-state index in [1.54, 1.807) is 0 Å². The van der Waals surface area contributed by atoms with E-state index >= 15 is 0 Å². The molecule has 1 N–H and O–H groups in total. The molecule has 19 heavy (non-hydrogen) atoms. The maximum absolute atomic E-state index is 11.2. The Labute approximate surface area is 113 Å². The topological polar surface area (TPSA) is 55.8 Å². The van der Waals surface area contributed by atoms with Crippen LogP contribution in [0, 0.1) is 0 Å². The van der Waals surface area contributed by atoms with E-state index in [4.69, 9.17) is 9.47 Å². The van der Waals surface area contributed by atoms with Gasteiger partial charge < -0.3 is 14.6 Å². The zero-order valence-corrected chi connectivity index (χ0v) is 11.2. The summed E-state index contributed by atoms with van der Waals surface area (Å²) in [7, 11) is 0. The standard InChI is InChI=1S/C15H20O4/c1-2-11-19-15(17)14(16)10-6-7-12-18-13-8-4-3-5-9-13/h3-5,8-10,16H,2,6-7,11-12H2,1H3. The van der Waals surface area contributed by atoms with Crippen LogP contribution in [-0.4, -0.2) is 24.3 Å². The van der Waals surface area contributed by atoms with E-state index in [-0.39, 0.29) is 5.76 Å². The van der Waals surface area contributed by atoms with E-state index in [0.29, 0.717) is 19.6 Å². The van der Waals surface area contributed by atoms with Crippen molar-refractivity contribution in [2.24, 2.45) is 0 Å². The van der Waals surface area contributed by atoms with E-state index in [2.05, 4.69) is 0 Å². The molecule has 0 aromatic heterocycles. The molecule has 0 spiro atoms. The van der Waals surface area contributed by atoms with Crippen molar-refractivity contribution in [1.82, 2.24) is 0 Å². The maximum Gasteiger partial charge on any atom is 0.373 e. The summed E-state index contributed by atoms with van der Waals surface area (Å²) in [5, 5.41) is 9.41. The van der Waals surface area contributed by atoms with Crippen LogP contribution >= 0.6 is 0 Å². The molecule has 0 saturated heterocycles. The average molecular weight is 264 g/mol. The molecule has 0 fully saturated rings. The van der Waals surface area contributed by atoms with Crippen molar-refractivity contribution in [1.29, 1.82) is 0 Å². The highest BCUT2D eigenvalue weighted by molar-refractivity contribution is 5.85. The summed E-state index contributed by atoms with van der Waals surface area (Å²) in [4.78, 5) is 11.2. The van der Waals surface area contributed by atoms with Crippen LogP contribution in [0.15, 0.2) is 42.2 Å². The number of carbonyl (C=O) groups is 1. The van der Waals surface area contributed by atoms with Gasteiger partial charge in [0.1, 0.15) is 5.75 Å². The molecule has 0 aliphatic heterocycles. The molecular formula is C15H20O4. The predicted octanol–water partition coefficient (Wildman–Crippen LogP) is 3.24. The van der Waals surface area contributed by atoms with Gasteiger partial charge in [-0.1, -0.05) is 25.1 Å². The summed E-state index contributed by atoms with van der Waals surface area (Å²) in [6.07, 6.45) is 3.50. The van der Waals surface area contributed by atoms with E-state index in [1.807, 2.05) is 37.3 Å². The summed E-state index contributed by atoms with van der Waals surface area (Å²) in [5.41, 5.74) is 0. The molecule has 4 heteroatoms. The highest BCUT2D eigenvalue weighted by Gasteiger charge is 2.07. The Morgan fingerprint density at radius 1 is 1.26 bits per heavy atom. The average Bonchev–Trinajstić information content (AvgIpc) is 2.45. The van der Waals surface area contributed by atoms with Gasteiger partial charge in [0.25, 0.3) is 0 Å². The number of hydrogen-bond acceptors (Lipinski definition) is 4. The van der Waals surface area contributed by atoms with Gasteiger partial charge in [0.15, 0.2) is 5.76 Å². The molecule has 0 unspecified atom stereocenters. The third-order valence-electron chi connectivity index (χ3n) is 2.34. The largest absolute Gasteiger partial charge is 0.502 e. The molecule has 1 aromatic rings.